The Morgan fingerprint density at radius 3 is 2.45 bits per heavy atom. The van der Waals surface area contributed by atoms with Crippen LogP contribution < -0.4 is 10.1 Å². The topological polar surface area (TPSA) is 97.8 Å². The maximum absolute atomic E-state index is 12.5. The molecule has 0 aliphatic heterocycles. The van der Waals surface area contributed by atoms with E-state index in [2.05, 4.69) is 10.3 Å². The molecule has 3 rings (SSSR count). The minimum absolute atomic E-state index is 0.118. The smallest absolute Gasteiger partial charge is 0.328 e. The highest BCUT2D eigenvalue weighted by atomic mass is 35.5. The monoisotopic (exact) mass is 418 g/mol. The number of aromatic nitrogens is 1. The SMILES string of the molecule is COc1ccnc(C(=O)NC(C)C(=O)OC(C)C2(c3ccc(Cl)cc3)CC2)c1O. The largest absolute Gasteiger partial charge is 0.503 e. The normalized spacial score (nSPS) is 16.4. The molecule has 1 saturated carbocycles. The molecule has 8 heteroatoms. The van der Waals surface area contributed by atoms with Gasteiger partial charge < -0.3 is 19.9 Å². The van der Waals surface area contributed by atoms with Crippen molar-refractivity contribution in [1.82, 2.24) is 10.3 Å². The van der Waals surface area contributed by atoms with E-state index in [9.17, 15) is 14.7 Å². The molecule has 154 valence electrons. The third kappa shape index (κ3) is 4.29. The number of ether oxygens (including phenoxy) is 2. The minimum Gasteiger partial charge on any atom is -0.503 e. The standard InChI is InChI=1S/C21H23ClN2O5/c1-12(24-19(26)17-18(25)16(28-3)8-11-23-17)20(27)29-13(2)21(9-10-21)14-4-6-15(22)7-5-14/h4-8,11-13,25H,9-10H2,1-3H3,(H,24,26). The van der Waals surface area contributed by atoms with Gasteiger partial charge in [0.15, 0.2) is 17.2 Å². The number of pyridine rings is 1. The third-order valence-electron chi connectivity index (χ3n) is 5.30. The molecule has 1 heterocycles. The van der Waals surface area contributed by atoms with Crippen molar-refractivity contribution in [3.05, 3.63) is 52.8 Å². The van der Waals surface area contributed by atoms with Gasteiger partial charge >= 0.3 is 5.97 Å². The molecule has 2 unspecified atom stereocenters. The first-order chi connectivity index (χ1) is 13.8. The average Bonchev–Trinajstić information content (AvgIpc) is 3.50. The summed E-state index contributed by atoms with van der Waals surface area (Å²) in [6, 6.07) is 8.05. The van der Waals surface area contributed by atoms with Gasteiger partial charge in [-0.1, -0.05) is 23.7 Å². The molecule has 2 atom stereocenters. The number of carbonyl (C=O) groups is 2. The molecule has 0 spiro atoms. The van der Waals surface area contributed by atoms with Crippen LogP contribution in [0.25, 0.3) is 0 Å². The lowest BCUT2D eigenvalue weighted by Gasteiger charge is -2.25. The van der Waals surface area contributed by atoms with E-state index in [1.165, 1.54) is 26.3 Å². The van der Waals surface area contributed by atoms with Gasteiger partial charge in [0.05, 0.1) is 7.11 Å². The van der Waals surface area contributed by atoms with Crippen LogP contribution in [-0.2, 0) is 14.9 Å². The molecule has 1 aliphatic rings. The highest BCUT2D eigenvalue weighted by molar-refractivity contribution is 6.30. The summed E-state index contributed by atoms with van der Waals surface area (Å²) in [4.78, 5) is 28.8. The molecule has 29 heavy (non-hydrogen) atoms. The van der Waals surface area contributed by atoms with Crippen molar-refractivity contribution in [3.8, 4) is 11.5 Å². The summed E-state index contributed by atoms with van der Waals surface area (Å²) in [5.41, 5.74) is 0.623. The van der Waals surface area contributed by atoms with E-state index in [-0.39, 0.29) is 28.7 Å². The van der Waals surface area contributed by atoms with Crippen LogP contribution in [0.1, 0.15) is 42.7 Å². The summed E-state index contributed by atoms with van der Waals surface area (Å²) < 4.78 is 10.6. The van der Waals surface area contributed by atoms with E-state index in [1.54, 1.807) is 0 Å². The van der Waals surface area contributed by atoms with Gasteiger partial charge in [0.25, 0.3) is 5.91 Å². The molecule has 0 saturated heterocycles. The molecule has 7 nitrogen and oxygen atoms in total. The zero-order valence-corrected chi connectivity index (χ0v) is 17.2. The van der Waals surface area contributed by atoms with Gasteiger partial charge in [0, 0.05) is 22.7 Å². The Balaban J connectivity index is 1.63. The summed E-state index contributed by atoms with van der Waals surface area (Å²) in [6.45, 7) is 3.37. The molecule has 2 N–H and O–H groups in total. The molecule has 1 aliphatic carbocycles. The Morgan fingerprint density at radius 1 is 1.21 bits per heavy atom. The summed E-state index contributed by atoms with van der Waals surface area (Å²) in [5.74, 6) is -1.53. The number of methoxy groups -OCH3 is 1. The number of esters is 1. The van der Waals surface area contributed by atoms with E-state index < -0.39 is 17.9 Å². The predicted molar refractivity (Wildman–Crippen MR) is 107 cm³/mol. The Hall–Kier alpha value is -2.80. The maximum Gasteiger partial charge on any atom is 0.328 e. The Bertz CT molecular complexity index is 912. The zero-order valence-electron chi connectivity index (χ0n) is 16.4. The van der Waals surface area contributed by atoms with Gasteiger partial charge in [-0.2, -0.15) is 0 Å². The first-order valence-corrected chi connectivity index (χ1v) is 9.65. The van der Waals surface area contributed by atoms with Crippen LogP contribution in [0.4, 0.5) is 0 Å². The van der Waals surface area contributed by atoms with Crippen molar-refractivity contribution in [1.29, 1.82) is 0 Å². The van der Waals surface area contributed by atoms with Crippen molar-refractivity contribution in [2.24, 2.45) is 0 Å². The fourth-order valence-corrected chi connectivity index (χ4v) is 3.45. The van der Waals surface area contributed by atoms with Gasteiger partial charge in [-0.15, -0.1) is 0 Å². The first-order valence-electron chi connectivity index (χ1n) is 9.28. The predicted octanol–water partition coefficient (Wildman–Crippen LogP) is 3.23. The number of amides is 1. The summed E-state index contributed by atoms with van der Waals surface area (Å²) in [7, 11) is 1.37. The molecule has 0 radical (unpaired) electrons. The quantitative estimate of drug-likeness (QED) is 0.670. The van der Waals surface area contributed by atoms with Crippen molar-refractivity contribution in [2.75, 3.05) is 7.11 Å². The number of hydrogen-bond acceptors (Lipinski definition) is 6. The van der Waals surface area contributed by atoms with Crippen LogP contribution in [0.15, 0.2) is 36.5 Å². The minimum atomic E-state index is -0.918. The van der Waals surface area contributed by atoms with E-state index in [1.807, 2.05) is 31.2 Å². The van der Waals surface area contributed by atoms with E-state index in [0.717, 1.165) is 18.4 Å². The Kier molecular flexibility index (Phi) is 5.98. The molecular weight excluding hydrogens is 396 g/mol. The lowest BCUT2D eigenvalue weighted by Crippen LogP contribution is -2.42. The number of halogens is 1. The number of hydrogen-bond donors (Lipinski definition) is 2. The second-order valence-corrected chi connectivity index (χ2v) is 7.58. The lowest BCUT2D eigenvalue weighted by molar-refractivity contribution is -0.151. The Morgan fingerprint density at radius 2 is 1.86 bits per heavy atom. The van der Waals surface area contributed by atoms with Crippen LogP contribution >= 0.6 is 11.6 Å². The first kappa shape index (κ1) is 20.9. The number of benzene rings is 1. The summed E-state index contributed by atoms with van der Waals surface area (Å²) >= 11 is 5.96. The second kappa shape index (κ2) is 8.29. The van der Waals surface area contributed by atoms with E-state index in [4.69, 9.17) is 21.1 Å². The number of nitrogens with one attached hydrogen (secondary N) is 1. The van der Waals surface area contributed by atoms with Crippen molar-refractivity contribution < 1.29 is 24.2 Å². The highest BCUT2D eigenvalue weighted by Gasteiger charge is 2.51. The van der Waals surface area contributed by atoms with Gasteiger partial charge in [0.1, 0.15) is 12.1 Å². The number of aromatic hydroxyl groups is 1. The van der Waals surface area contributed by atoms with Gasteiger partial charge in [-0.25, -0.2) is 9.78 Å². The van der Waals surface area contributed by atoms with Crippen LogP contribution in [0, 0.1) is 0 Å². The number of nitrogens with zero attached hydrogens (tertiary/aromatic N) is 1. The fraction of sp³-hybridized carbons (Fsp3) is 0.381. The zero-order chi connectivity index (χ0) is 21.2. The average molecular weight is 419 g/mol. The number of carbonyl (C=O) groups excluding carboxylic acids is 2. The molecule has 1 aromatic heterocycles. The molecule has 1 amide bonds. The second-order valence-electron chi connectivity index (χ2n) is 7.15. The van der Waals surface area contributed by atoms with Crippen molar-refractivity contribution in [3.63, 3.8) is 0 Å². The molecule has 2 aromatic rings. The Labute approximate surface area is 174 Å². The highest BCUT2D eigenvalue weighted by Crippen LogP contribution is 2.52. The summed E-state index contributed by atoms with van der Waals surface area (Å²) in [6.07, 6.45) is 2.79. The molecule has 0 bridgehead atoms. The van der Waals surface area contributed by atoms with Gasteiger partial charge in [0.2, 0.25) is 0 Å². The fourth-order valence-electron chi connectivity index (χ4n) is 3.33. The molecule has 1 aromatic carbocycles. The van der Waals surface area contributed by atoms with Crippen LogP contribution in [-0.4, -0.2) is 41.2 Å². The lowest BCUT2D eigenvalue weighted by atomic mass is 9.91. The van der Waals surface area contributed by atoms with Crippen LogP contribution in [0.3, 0.4) is 0 Å². The van der Waals surface area contributed by atoms with E-state index >= 15 is 0 Å². The van der Waals surface area contributed by atoms with Crippen LogP contribution in [0.5, 0.6) is 11.5 Å². The van der Waals surface area contributed by atoms with E-state index in [0.29, 0.717) is 5.02 Å². The van der Waals surface area contributed by atoms with Gasteiger partial charge in [-0.05, 0) is 44.4 Å². The van der Waals surface area contributed by atoms with Gasteiger partial charge in [-0.3, -0.25) is 4.79 Å². The third-order valence-corrected chi connectivity index (χ3v) is 5.55. The van der Waals surface area contributed by atoms with Crippen molar-refractivity contribution in [2.45, 2.75) is 44.2 Å². The maximum atomic E-state index is 12.5. The molecular formula is C21H23ClN2O5. The molecule has 1 fully saturated rings. The van der Waals surface area contributed by atoms with Crippen molar-refractivity contribution >= 4 is 23.5 Å². The number of rotatable bonds is 7. The van der Waals surface area contributed by atoms with Crippen LogP contribution in [0.2, 0.25) is 5.02 Å². The summed E-state index contributed by atoms with van der Waals surface area (Å²) in [5, 5.41) is 13.2.